The van der Waals surface area contributed by atoms with Crippen molar-refractivity contribution < 1.29 is 8.78 Å². The van der Waals surface area contributed by atoms with Crippen LogP contribution in [0.4, 0.5) is 14.5 Å². The second-order valence-corrected chi connectivity index (χ2v) is 7.51. The maximum atomic E-state index is 13.4. The molecule has 0 saturated heterocycles. The Bertz CT molecular complexity index is 1080. The number of nitrogens with zero attached hydrogens (tertiary/aromatic N) is 2. The Hall–Kier alpha value is -2.69. The predicted octanol–water partition coefficient (Wildman–Crippen LogP) is 7.29. The zero-order valence-electron chi connectivity index (χ0n) is 15.2. The molecule has 0 radical (unpaired) electrons. The highest BCUT2D eigenvalue weighted by Gasteiger charge is 2.28. The summed E-state index contributed by atoms with van der Waals surface area (Å²) in [6, 6.07) is 17.9. The number of rotatable bonds is 4. The first-order chi connectivity index (χ1) is 14.0. The van der Waals surface area contributed by atoms with E-state index in [-0.39, 0.29) is 17.7 Å². The van der Waals surface area contributed by atoms with Crippen molar-refractivity contribution in [3.63, 3.8) is 0 Å². The summed E-state index contributed by atoms with van der Waals surface area (Å²) < 4.78 is 26.5. The third-order valence-electron chi connectivity index (χ3n) is 4.69. The second kappa shape index (κ2) is 8.36. The second-order valence-electron chi connectivity index (χ2n) is 6.69. The van der Waals surface area contributed by atoms with Crippen LogP contribution in [0.3, 0.4) is 0 Å². The van der Waals surface area contributed by atoms with Crippen LogP contribution in [0.1, 0.15) is 23.6 Å². The molecule has 6 heteroatoms. The van der Waals surface area contributed by atoms with Crippen LogP contribution >= 0.6 is 23.2 Å². The number of anilines is 1. The number of benzene rings is 3. The molecule has 0 saturated carbocycles. The molecule has 0 aromatic heterocycles. The summed E-state index contributed by atoms with van der Waals surface area (Å²) in [5.74, 6) is -0.562. The van der Waals surface area contributed by atoms with Crippen molar-refractivity contribution in [2.75, 3.05) is 5.01 Å². The van der Waals surface area contributed by atoms with E-state index in [4.69, 9.17) is 28.3 Å². The van der Waals surface area contributed by atoms with Crippen LogP contribution in [0.5, 0.6) is 0 Å². The average Bonchev–Trinajstić information content (AvgIpc) is 3.14. The number of hydrazone groups is 1. The quantitative estimate of drug-likeness (QED) is 0.425. The Morgan fingerprint density at radius 2 is 1.48 bits per heavy atom. The Balaban J connectivity index is 1.66. The lowest BCUT2D eigenvalue weighted by atomic mass is 10.0. The average molecular weight is 429 g/mol. The minimum absolute atomic E-state index is 0.110. The molecule has 3 aromatic rings. The molecule has 0 spiro atoms. The first-order valence-corrected chi connectivity index (χ1v) is 9.76. The molecule has 1 aliphatic heterocycles. The minimum Gasteiger partial charge on any atom is -0.257 e. The molecule has 3 aromatic carbocycles. The molecule has 0 bridgehead atoms. The molecule has 4 rings (SSSR count). The summed E-state index contributed by atoms with van der Waals surface area (Å²) in [6.45, 7) is 0. The highest BCUT2D eigenvalue weighted by atomic mass is 35.5. The van der Waals surface area contributed by atoms with E-state index < -0.39 is 0 Å². The minimum atomic E-state index is -0.287. The molecule has 1 aliphatic rings. The fourth-order valence-corrected chi connectivity index (χ4v) is 3.50. The van der Waals surface area contributed by atoms with Gasteiger partial charge in [-0.15, -0.1) is 0 Å². The zero-order chi connectivity index (χ0) is 20.4. The van der Waals surface area contributed by atoms with Gasteiger partial charge in [0.05, 0.1) is 27.5 Å². The summed E-state index contributed by atoms with van der Waals surface area (Å²) in [5.41, 5.74) is 3.44. The van der Waals surface area contributed by atoms with Gasteiger partial charge in [-0.3, -0.25) is 5.01 Å². The number of allylic oxidation sites excluding steroid dienone is 1. The summed E-state index contributed by atoms with van der Waals surface area (Å²) in [5, 5.41) is 7.50. The Morgan fingerprint density at radius 3 is 2.14 bits per heavy atom. The largest absolute Gasteiger partial charge is 0.257 e. The highest BCUT2D eigenvalue weighted by Crippen LogP contribution is 2.38. The SMILES string of the molecule is Fc1ccc(/C=C/C2=NN(c3ccc(Cl)c(Cl)c3)[C@H](c3ccc(F)cc3)C2)cc1. The van der Waals surface area contributed by atoms with Crippen LogP contribution in [0.15, 0.2) is 77.9 Å². The number of hydrogen-bond acceptors (Lipinski definition) is 2. The van der Waals surface area contributed by atoms with E-state index >= 15 is 0 Å². The molecule has 0 unspecified atom stereocenters. The normalized spacial score (nSPS) is 16.5. The molecule has 29 heavy (non-hydrogen) atoms. The molecule has 146 valence electrons. The van der Waals surface area contributed by atoms with Gasteiger partial charge in [0.1, 0.15) is 11.6 Å². The van der Waals surface area contributed by atoms with Crippen molar-refractivity contribution >= 4 is 40.7 Å². The predicted molar refractivity (Wildman–Crippen MR) is 116 cm³/mol. The van der Waals surface area contributed by atoms with E-state index in [2.05, 4.69) is 0 Å². The molecule has 1 heterocycles. The topological polar surface area (TPSA) is 15.6 Å². The summed E-state index contributed by atoms with van der Waals surface area (Å²) >= 11 is 12.2. The summed E-state index contributed by atoms with van der Waals surface area (Å²) in [6.07, 6.45) is 4.42. The van der Waals surface area contributed by atoms with Gasteiger partial charge in [0.25, 0.3) is 0 Å². The van der Waals surface area contributed by atoms with Crippen LogP contribution in [0, 0.1) is 11.6 Å². The zero-order valence-corrected chi connectivity index (χ0v) is 16.7. The Morgan fingerprint density at radius 1 is 0.828 bits per heavy atom. The monoisotopic (exact) mass is 428 g/mol. The lowest BCUT2D eigenvalue weighted by Gasteiger charge is -2.24. The maximum absolute atomic E-state index is 13.4. The van der Waals surface area contributed by atoms with Crippen molar-refractivity contribution in [2.45, 2.75) is 12.5 Å². The highest BCUT2D eigenvalue weighted by molar-refractivity contribution is 6.42. The number of hydrogen-bond donors (Lipinski definition) is 0. The van der Waals surface area contributed by atoms with E-state index in [0.29, 0.717) is 16.5 Å². The van der Waals surface area contributed by atoms with Gasteiger partial charge in [-0.25, -0.2) is 8.78 Å². The molecule has 0 fully saturated rings. The van der Waals surface area contributed by atoms with Crippen LogP contribution in [-0.4, -0.2) is 5.71 Å². The first kappa shape index (κ1) is 19.6. The van der Waals surface area contributed by atoms with Gasteiger partial charge in [0.2, 0.25) is 0 Å². The van der Waals surface area contributed by atoms with Crippen LogP contribution < -0.4 is 5.01 Å². The van der Waals surface area contributed by atoms with Gasteiger partial charge in [-0.1, -0.05) is 53.5 Å². The maximum Gasteiger partial charge on any atom is 0.123 e. The van der Waals surface area contributed by atoms with Crippen molar-refractivity contribution in [3.05, 3.63) is 106 Å². The lowest BCUT2D eigenvalue weighted by molar-refractivity contribution is 0.624. The van der Waals surface area contributed by atoms with E-state index in [1.54, 1.807) is 36.4 Å². The smallest absolute Gasteiger partial charge is 0.123 e. The third-order valence-corrected chi connectivity index (χ3v) is 5.43. The molecular formula is C23H16Cl2F2N2. The van der Waals surface area contributed by atoms with Gasteiger partial charge in [-0.2, -0.15) is 5.10 Å². The van der Waals surface area contributed by atoms with E-state index in [0.717, 1.165) is 22.5 Å². The van der Waals surface area contributed by atoms with Crippen LogP contribution in [0.25, 0.3) is 6.08 Å². The fourth-order valence-electron chi connectivity index (χ4n) is 3.21. The first-order valence-electron chi connectivity index (χ1n) is 9.00. The number of halogens is 4. The summed E-state index contributed by atoms with van der Waals surface area (Å²) in [4.78, 5) is 0. The van der Waals surface area contributed by atoms with Gasteiger partial charge in [-0.05, 0) is 59.7 Å². The summed E-state index contributed by atoms with van der Waals surface area (Å²) in [7, 11) is 0. The third kappa shape index (κ3) is 4.50. The molecular weight excluding hydrogens is 413 g/mol. The molecule has 0 amide bonds. The van der Waals surface area contributed by atoms with Crippen molar-refractivity contribution in [1.82, 2.24) is 0 Å². The van der Waals surface area contributed by atoms with Gasteiger partial charge < -0.3 is 0 Å². The molecule has 2 nitrogen and oxygen atoms in total. The van der Waals surface area contributed by atoms with Crippen molar-refractivity contribution in [1.29, 1.82) is 0 Å². The van der Waals surface area contributed by atoms with Crippen molar-refractivity contribution in [3.8, 4) is 0 Å². The Labute approximate surface area is 177 Å². The fraction of sp³-hybridized carbons (Fsp3) is 0.0870. The molecule has 1 atom stereocenters. The van der Waals surface area contributed by atoms with E-state index in [1.165, 1.54) is 24.3 Å². The van der Waals surface area contributed by atoms with E-state index in [9.17, 15) is 8.78 Å². The molecule has 0 N–H and O–H groups in total. The van der Waals surface area contributed by atoms with Crippen LogP contribution in [-0.2, 0) is 0 Å². The van der Waals surface area contributed by atoms with Crippen molar-refractivity contribution in [2.24, 2.45) is 5.10 Å². The van der Waals surface area contributed by atoms with Gasteiger partial charge in [0.15, 0.2) is 0 Å². The van der Waals surface area contributed by atoms with Crippen LogP contribution in [0.2, 0.25) is 10.0 Å². The lowest BCUT2D eigenvalue weighted by Crippen LogP contribution is -2.18. The Kier molecular flexibility index (Phi) is 5.65. The van der Waals surface area contributed by atoms with Gasteiger partial charge >= 0.3 is 0 Å². The standard InChI is InChI=1S/C23H16Cl2F2N2/c24-21-12-11-20(14-22(21)25)29-23(16-4-8-18(27)9-5-16)13-19(28-29)10-3-15-1-6-17(26)7-2-15/h1-12,14,23H,13H2/b10-3+/t23-/m0/s1. The molecule has 0 aliphatic carbocycles. The van der Waals surface area contributed by atoms with E-state index in [1.807, 2.05) is 23.2 Å². The van der Waals surface area contributed by atoms with Gasteiger partial charge in [0, 0.05) is 6.42 Å².